The van der Waals surface area contributed by atoms with E-state index in [9.17, 15) is 9.90 Å². The van der Waals surface area contributed by atoms with Crippen molar-refractivity contribution >= 4 is 17.5 Å². The number of hydrogen-bond acceptors (Lipinski definition) is 7. The van der Waals surface area contributed by atoms with E-state index in [1.807, 2.05) is 37.4 Å². The van der Waals surface area contributed by atoms with E-state index in [-0.39, 0.29) is 12.5 Å². The highest BCUT2D eigenvalue weighted by Gasteiger charge is 2.36. The van der Waals surface area contributed by atoms with Gasteiger partial charge in [-0.05, 0) is 56.5 Å². The van der Waals surface area contributed by atoms with Crippen molar-refractivity contribution < 1.29 is 9.90 Å². The molecule has 2 aliphatic heterocycles. The number of aromatic nitrogens is 2. The lowest BCUT2D eigenvalue weighted by molar-refractivity contribution is -0.000136. The Hall–Kier alpha value is -2.71. The van der Waals surface area contributed by atoms with Crippen LogP contribution in [0.4, 0.5) is 11.6 Å². The minimum absolute atomic E-state index is 0.0669. The second kappa shape index (κ2) is 9.83. The van der Waals surface area contributed by atoms with Gasteiger partial charge in [-0.3, -0.25) is 9.69 Å². The van der Waals surface area contributed by atoms with Crippen molar-refractivity contribution in [2.75, 3.05) is 57.0 Å². The fraction of sp³-hybridized carbons (Fsp3) is 0.542. The van der Waals surface area contributed by atoms with Gasteiger partial charge in [-0.2, -0.15) is 0 Å². The van der Waals surface area contributed by atoms with Crippen LogP contribution in [0.25, 0.3) is 0 Å². The summed E-state index contributed by atoms with van der Waals surface area (Å²) in [5.41, 5.74) is 0.908. The number of hydrogen-bond donors (Lipinski definition) is 2. The molecule has 1 aromatic carbocycles. The van der Waals surface area contributed by atoms with Crippen LogP contribution in [0.1, 0.15) is 41.6 Å². The van der Waals surface area contributed by atoms with E-state index in [1.54, 1.807) is 11.9 Å². The Morgan fingerprint density at radius 3 is 2.62 bits per heavy atom. The number of piperidine rings is 1. The Bertz CT molecular complexity index is 915. The van der Waals surface area contributed by atoms with Crippen LogP contribution in [0.3, 0.4) is 0 Å². The standard InChI is InChI=1S/C24H34N6O2/c1-25-21-14-22(27-18-26-21)30-13-5-10-24(32,17-30)16-28(2)23(31)20-8-6-19(7-9-20)15-29-11-3-4-12-29/h6-9,14,18,32H,3-5,10-13,15-17H2,1-2H3,(H,25,26,27)/t24-/m0/s1. The van der Waals surface area contributed by atoms with Gasteiger partial charge in [0, 0.05) is 45.4 Å². The first-order chi connectivity index (χ1) is 15.5. The van der Waals surface area contributed by atoms with E-state index in [0.717, 1.165) is 44.2 Å². The van der Waals surface area contributed by atoms with Crippen molar-refractivity contribution in [3.63, 3.8) is 0 Å². The van der Waals surface area contributed by atoms with Gasteiger partial charge in [0.25, 0.3) is 5.91 Å². The Kier molecular flexibility index (Phi) is 6.91. The van der Waals surface area contributed by atoms with Crippen LogP contribution in [-0.2, 0) is 6.54 Å². The lowest BCUT2D eigenvalue weighted by Crippen LogP contribution is -2.54. The van der Waals surface area contributed by atoms with Crippen LogP contribution in [0, 0.1) is 0 Å². The van der Waals surface area contributed by atoms with E-state index in [0.29, 0.717) is 18.5 Å². The molecule has 32 heavy (non-hydrogen) atoms. The number of likely N-dealkylation sites (N-methyl/N-ethyl adjacent to an activating group) is 1. The van der Waals surface area contributed by atoms with E-state index < -0.39 is 5.60 Å². The van der Waals surface area contributed by atoms with Crippen LogP contribution in [0.5, 0.6) is 0 Å². The maximum absolute atomic E-state index is 13.0. The third-order valence-corrected chi connectivity index (χ3v) is 6.47. The summed E-state index contributed by atoms with van der Waals surface area (Å²) in [4.78, 5) is 27.7. The number of amides is 1. The minimum Gasteiger partial charge on any atom is -0.386 e. The molecule has 0 aliphatic carbocycles. The van der Waals surface area contributed by atoms with Crippen LogP contribution < -0.4 is 10.2 Å². The van der Waals surface area contributed by atoms with E-state index in [4.69, 9.17) is 0 Å². The van der Waals surface area contributed by atoms with Gasteiger partial charge < -0.3 is 20.2 Å². The smallest absolute Gasteiger partial charge is 0.253 e. The van der Waals surface area contributed by atoms with Crippen LogP contribution >= 0.6 is 0 Å². The molecule has 2 aliphatic rings. The molecular weight excluding hydrogens is 404 g/mol. The van der Waals surface area contributed by atoms with Gasteiger partial charge in [0.15, 0.2) is 0 Å². The third-order valence-electron chi connectivity index (χ3n) is 6.47. The Balaban J connectivity index is 1.37. The monoisotopic (exact) mass is 438 g/mol. The van der Waals surface area contributed by atoms with Crippen molar-refractivity contribution in [1.82, 2.24) is 19.8 Å². The largest absolute Gasteiger partial charge is 0.386 e. The number of anilines is 2. The van der Waals surface area contributed by atoms with Gasteiger partial charge in [-0.15, -0.1) is 0 Å². The molecule has 0 unspecified atom stereocenters. The van der Waals surface area contributed by atoms with Crippen LogP contribution in [0.15, 0.2) is 36.7 Å². The quantitative estimate of drug-likeness (QED) is 0.686. The Labute approximate surface area is 190 Å². The van der Waals surface area contributed by atoms with E-state index in [1.165, 1.54) is 24.7 Å². The minimum atomic E-state index is -0.983. The molecule has 1 aromatic heterocycles. The van der Waals surface area contributed by atoms with Crippen LogP contribution in [0.2, 0.25) is 0 Å². The molecular formula is C24H34N6O2. The van der Waals surface area contributed by atoms with E-state index in [2.05, 4.69) is 25.1 Å². The first-order valence-corrected chi connectivity index (χ1v) is 11.5. The Morgan fingerprint density at radius 1 is 1.16 bits per heavy atom. The number of nitrogens with zero attached hydrogens (tertiary/aromatic N) is 5. The van der Waals surface area contributed by atoms with Crippen molar-refractivity contribution in [3.05, 3.63) is 47.8 Å². The SMILES string of the molecule is CNc1cc(N2CCC[C@](O)(CN(C)C(=O)c3ccc(CN4CCCC4)cc3)C2)ncn1. The summed E-state index contributed by atoms with van der Waals surface area (Å²) in [5.74, 6) is 1.46. The maximum Gasteiger partial charge on any atom is 0.253 e. The second-order valence-corrected chi connectivity index (χ2v) is 9.10. The molecule has 0 bridgehead atoms. The van der Waals surface area contributed by atoms with Gasteiger partial charge >= 0.3 is 0 Å². The van der Waals surface area contributed by atoms with Crippen molar-refractivity contribution in [2.45, 2.75) is 37.8 Å². The molecule has 2 fully saturated rings. The molecule has 0 radical (unpaired) electrons. The van der Waals surface area contributed by atoms with Crippen LogP contribution in [-0.4, -0.2) is 83.2 Å². The number of aliphatic hydroxyl groups is 1. The fourth-order valence-corrected chi connectivity index (χ4v) is 4.78. The molecule has 3 heterocycles. The Morgan fingerprint density at radius 2 is 1.91 bits per heavy atom. The van der Waals surface area contributed by atoms with Gasteiger partial charge in [0.2, 0.25) is 0 Å². The number of carbonyl (C=O) groups is 1. The highest BCUT2D eigenvalue weighted by atomic mass is 16.3. The molecule has 8 nitrogen and oxygen atoms in total. The lowest BCUT2D eigenvalue weighted by atomic mass is 9.92. The molecule has 8 heteroatoms. The summed E-state index contributed by atoms with van der Waals surface area (Å²) in [7, 11) is 3.58. The predicted octanol–water partition coefficient (Wildman–Crippen LogP) is 2.22. The van der Waals surface area contributed by atoms with Crippen molar-refractivity contribution in [3.8, 4) is 0 Å². The third kappa shape index (κ3) is 5.37. The number of carbonyl (C=O) groups excluding carboxylic acids is 1. The zero-order valence-corrected chi connectivity index (χ0v) is 19.1. The molecule has 2 saturated heterocycles. The van der Waals surface area contributed by atoms with Crippen molar-refractivity contribution in [2.24, 2.45) is 0 Å². The normalized spacial score (nSPS) is 21.5. The predicted molar refractivity (Wildman–Crippen MR) is 126 cm³/mol. The highest BCUT2D eigenvalue weighted by molar-refractivity contribution is 5.94. The van der Waals surface area contributed by atoms with Gasteiger partial charge in [-0.25, -0.2) is 9.97 Å². The molecule has 172 valence electrons. The van der Waals surface area contributed by atoms with Gasteiger partial charge in [0.05, 0.1) is 12.1 Å². The average molecular weight is 439 g/mol. The van der Waals surface area contributed by atoms with Gasteiger partial charge in [-0.1, -0.05) is 12.1 Å². The molecule has 1 atom stereocenters. The molecule has 0 saturated carbocycles. The first kappa shape index (κ1) is 22.5. The summed E-state index contributed by atoms with van der Waals surface area (Å²) in [6.45, 7) is 4.78. The number of likely N-dealkylation sites (tertiary alicyclic amines) is 1. The molecule has 0 spiro atoms. The zero-order valence-electron chi connectivity index (χ0n) is 19.1. The molecule has 1 amide bonds. The second-order valence-electron chi connectivity index (χ2n) is 9.10. The number of β-amino-alcohol motifs (C(OH)–C–C–N with tert-alkyl or cyclic N) is 1. The number of benzene rings is 1. The van der Waals surface area contributed by atoms with Gasteiger partial charge in [0.1, 0.15) is 18.0 Å². The molecule has 2 N–H and O–H groups in total. The fourth-order valence-electron chi connectivity index (χ4n) is 4.78. The number of rotatable bonds is 7. The summed E-state index contributed by atoms with van der Waals surface area (Å²) in [6, 6.07) is 9.78. The summed E-state index contributed by atoms with van der Waals surface area (Å²) in [5, 5.41) is 14.3. The molecule has 2 aromatic rings. The summed E-state index contributed by atoms with van der Waals surface area (Å²) in [6.07, 6.45) is 5.56. The summed E-state index contributed by atoms with van der Waals surface area (Å²) < 4.78 is 0. The zero-order chi connectivity index (χ0) is 22.6. The highest BCUT2D eigenvalue weighted by Crippen LogP contribution is 2.27. The summed E-state index contributed by atoms with van der Waals surface area (Å²) >= 11 is 0. The lowest BCUT2D eigenvalue weighted by Gasteiger charge is -2.41. The average Bonchev–Trinajstić information content (AvgIpc) is 3.32. The molecule has 4 rings (SSSR count). The first-order valence-electron chi connectivity index (χ1n) is 11.5. The van der Waals surface area contributed by atoms with E-state index >= 15 is 0 Å². The number of nitrogens with one attached hydrogen (secondary N) is 1. The topological polar surface area (TPSA) is 84.8 Å². The van der Waals surface area contributed by atoms with Crippen molar-refractivity contribution in [1.29, 1.82) is 0 Å². The maximum atomic E-state index is 13.0.